The molecule has 3 nitrogen and oxygen atoms in total. The van der Waals surface area contributed by atoms with Gasteiger partial charge in [0.05, 0.1) is 0 Å². The zero-order valence-corrected chi connectivity index (χ0v) is 6.55. The fraction of sp³-hybridized carbons (Fsp3) is 0.800. The van der Waals surface area contributed by atoms with Crippen LogP contribution in [0, 0.1) is 0 Å². The monoisotopic (exact) mass is 147 g/mol. The first-order valence-electron chi connectivity index (χ1n) is 2.78. The lowest BCUT2D eigenvalue weighted by molar-refractivity contribution is 0.117. The van der Waals surface area contributed by atoms with Crippen molar-refractivity contribution in [2.24, 2.45) is 4.99 Å². The molecule has 0 fully saturated rings. The summed E-state index contributed by atoms with van der Waals surface area (Å²) < 4.78 is 0. The highest BCUT2D eigenvalue weighted by Crippen LogP contribution is 2.14. The van der Waals surface area contributed by atoms with Crippen LogP contribution in [0.1, 0.15) is 6.92 Å². The summed E-state index contributed by atoms with van der Waals surface area (Å²) in [7, 11) is 3.83. The molecule has 0 radical (unpaired) electrons. The number of amidine groups is 1. The first-order valence-corrected chi connectivity index (χ1v) is 3.21. The smallest absolute Gasteiger partial charge is 0.196 e. The normalized spacial score (nSPS) is 29.1. The van der Waals surface area contributed by atoms with E-state index in [2.05, 4.69) is 4.99 Å². The average Bonchev–Trinajstić information content (AvgIpc) is 1.98. The van der Waals surface area contributed by atoms with E-state index in [4.69, 9.17) is 11.6 Å². The summed E-state index contributed by atoms with van der Waals surface area (Å²) in [6, 6.07) is 0. The molecule has 0 N–H and O–H groups in total. The summed E-state index contributed by atoms with van der Waals surface area (Å²) in [5.41, 5.74) is -0.213. The van der Waals surface area contributed by atoms with Crippen LogP contribution in [0.3, 0.4) is 0 Å². The van der Waals surface area contributed by atoms with Crippen molar-refractivity contribution in [2.75, 3.05) is 14.1 Å². The van der Waals surface area contributed by atoms with Gasteiger partial charge < -0.3 is 0 Å². The van der Waals surface area contributed by atoms with Gasteiger partial charge in [0.2, 0.25) is 0 Å². The lowest BCUT2D eigenvalue weighted by Gasteiger charge is -2.22. The van der Waals surface area contributed by atoms with Crippen molar-refractivity contribution in [3.8, 4) is 0 Å². The van der Waals surface area contributed by atoms with Gasteiger partial charge in [0.1, 0.15) is 5.84 Å². The van der Waals surface area contributed by atoms with E-state index < -0.39 is 0 Å². The van der Waals surface area contributed by atoms with Gasteiger partial charge in [0, 0.05) is 14.1 Å². The van der Waals surface area contributed by atoms with E-state index in [0.29, 0.717) is 0 Å². The van der Waals surface area contributed by atoms with Crippen LogP contribution in [-0.2, 0) is 0 Å². The largest absolute Gasteiger partial charge is 0.294 e. The Labute approximate surface area is 59.9 Å². The minimum Gasteiger partial charge on any atom is -0.294 e. The van der Waals surface area contributed by atoms with Gasteiger partial charge in [0.15, 0.2) is 5.62 Å². The van der Waals surface area contributed by atoms with Crippen LogP contribution in [0.4, 0.5) is 0 Å². The van der Waals surface area contributed by atoms with E-state index in [0.717, 1.165) is 5.84 Å². The van der Waals surface area contributed by atoms with Crippen molar-refractivity contribution in [2.45, 2.75) is 12.5 Å². The van der Waals surface area contributed by atoms with Crippen LogP contribution in [-0.4, -0.2) is 35.6 Å². The molecular weight excluding hydrogens is 138 g/mol. The Morgan fingerprint density at radius 1 is 1.56 bits per heavy atom. The number of nitrogens with zero attached hydrogens (tertiary/aromatic N) is 3. The molecule has 4 heteroatoms. The standard InChI is InChI=1S/C5H10ClN3/c1-4-7-5(6)9(3)8(4)2/h5H,1-3H3. The van der Waals surface area contributed by atoms with Crippen molar-refractivity contribution in [3.63, 3.8) is 0 Å². The van der Waals surface area contributed by atoms with Gasteiger partial charge in [-0.25, -0.2) is 4.99 Å². The second-order valence-corrected chi connectivity index (χ2v) is 2.47. The number of hydrogen-bond donors (Lipinski definition) is 0. The molecule has 1 unspecified atom stereocenters. The summed E-state index contributed by atoms with van der Waals surface area (Å²) in [4.78, 5) is 4.08. The fourth-order valence-corrected chi connectivity index (χ4v) is 0.965. The highest BCUT2D eigenvalue weighted by Gasteiger charge is 2.22. The predicted octanol–water partition coefficient (Wildman–Crippen LogP) is 0.719. The first kappa shape index (κ1) is 6.83. The molecule has 1 heterocycles. The maximum Gasteiger partial charge on any atom is 0.196 e. The van der Waals surface area contributed by atoms with E-state index in [9.17, 15) is 0 Å². The second-order valence-electron chi connectivity index (χ2n) is 2.08. The molecule has 1 aliphatic heterocycles. The lowest BCUT2D eigenvalue weighted by atomic mass is 10.7. The van der Waals surface area contributed by atoms with E-state index in [1.54, 1.807) is 0 Å². The summed E-state index contributed by atoms with van der Waals surface area (Å²) in [5.74, 6) is 0.956. The third-order valence-corrected chi connectivity index (χ3v) is 1.92. The minimum absolute atomic E-state index is 0.213. The topological polar surface area (TPSA) is 18.8 Å². The molecule has 1 atom stereocenters. The zero-order valence-electron chi connectivity index (χ0n) is 5.80. The van der Waals surface area contributed by atoms with Gasteiger partial charge in [-0.15, -0.1) is 0 Å². The highest BCUT2D eigenvalue weighted by molar-refractivity contribution is 6.21. The number of aliphatic imine (C=N–C) groups is 1. The van der Waals surface area contributed by atoms with Crippen LogP contribution < -0.4 is 0 Å². The van der Waals surface area contributed by atoms with Crippen LogP contribution in [0.15, 0.2) is 4.99 Å². The Kier molecular flexibility index (Phi) is 1.64. The average molecular weight is 148 g/mol. The molecule has 0 spiro atoms. The Bertz CT molecular complexity index is 145. The number of halogens is 1. The van der Waals surface area contributed by atoms with E-state index >= 15 is 0 Å². The quantitative estimate of drug-likeness (QED) is 0.372. The maximum absolute atomic E-state index is 5.75. The van der Waals surface area contributed by atoms with Crippen molar-refractivity contribution >= 4 is 17.4 Å². The molecule has 0 aromatic carbocycles. The minimum atomic E-state index is -0.213. The van der Waals surface area contributed by atoms with Crippen LogP contribution in [0.25, 0.3) is 0 Å². The predicted molar refractivity (Wildman–Crippen MR) is 38.3 cm³/mol. The first-order chi connectivity index (χ1) is 4.13. The molecule has 0 saturated heterocycles. The Hall–Kier alpha value is -0.280. The number of hydrogen-bond acceptors (Lipinski definition) is 3. The number of hydrazine groups is 1. The van der Waals surface area contributed by atoms with Crippen molar-refractivity contribution < 1.29 is 0 Å². The Balaban J connectivity index is 2.70. The SMILES string of the molecule is CC1=NC(Cl)N(C)N1C. The van der Waals surface area contributed by atoms with Gasteiger partial charge in [0.25, 0.3) is 0 Å². The van der Waals surface area contributed by atoms with E-state index in [-0.39, 0.29) is 5.62 Å². The molecular formula is C5H10ClN3. The van der Waals surface area contributed by atoms with Crippen LogP contribution in [0.5, 0.6) is 0 Å². The lowest BCUT2D eigenvalue weighted by Crippen LogP contribution is -2.36. The van der Waals surface area contributed by atoms with Crippen molar-refractivity contribution in [3.05, 3.63) is 0 Å². The van der Waals surface area contributed by atoms with Gasteiger partial charge >= 0.3 is 0 Å². The molecule has 0 bridgehead atoms. The molecule has 9 heavy (non-hydrogen) atoms. The number of rotatable bonds is 0. The molecule has 0 saturated carbocycles. The third-order valence-electron chi connectivity index (χ3n) is 1.54. The molecule has 1 aliphatic rings. The zero-order chi connectivity index (χ0) is 7.02. The summed E-state index contributed by atoms with van der Waals surface area (Å²) in [6.07, 6.45) is 0. The molecule has 0 aromatic rings. The van der Waals surface area contributed by atoms with Gasteiger partial charge in [-0.2, -0.15) is 5.01 Å². The molecule has 0 aliphatic carbocycles. The van der Waals surface area contributed by atoms with Crippen molar-refractivity contribution in [1.82, 2.24) is 10.0 Å². The highest BCUT2D eigenvalue weighted by atomic mass is 35.5. The molecule has 0 aromatic heterocycles. The summed E-state index contributed by atoms with van der Waals surface area (Å²) >= 11 is 5.75. The fourth-order valence-electron chi connectivity index (χ4n) is 0.692. The van der Waals surface area contributed by atoms with Crippen LogP contribution in [0.2, 0.25) is 0 Å². The van der Waals surface area contributed by atoms with E-state index in [1.165, 1.54) is 0 Å². The molecule has 52 valence electrons. The van der Waals surface area contributed by atoms with E-state index in [1.807, 2.05) is 31.0 Å². The van der Waals surface area contributed by atoms with Gasteiger partial charge in [-0.3, -0.25) is 5.01 Å². The maximum atomic E-state index is 5.75. The van der Waals surface area contributed by atoms with Crippen molar-refractivity contribution in [1.29, 1.82) is 0 Å². The Morgan fingerprint density at radius 2 is 2.11 bits per heavy atom. The van der Waals surface area contributed by atoms with Gasteiger partial charge in [-0.1, -0.05) is 11.6 Å². The molecule has 0 amide bonds. The number of alkyl halides is 1. The van der Waals surface area contributed by atoms with Crippen LogP contribution >= 0.6 is 11.6 Å². The third kappa shape index (κ3) is 1.02. The van der Waals surface area contributed by atoms with Gasteiger partial charge in [-0.05, 0) is 6.92 Å². The summed E-state index contributed by atoms with van der Waals surface area (Å²) in [6.45, 7) is 1.93. The summed E-state index contributed by atoms with van der Waals surface area (Å²) in [5, 5.41) is 3.77. The molecule has 1 rings (SSSR count). The second kappa shape index (κ2) is 2.15. The Morgan fingerprint density at radius 3 is 2.22 bits per heavy atom.